The summed E-state index contributed by atoms with van der Waals surface area (Å²) in [5.74, 6) is -0.689. The molecule has 2 aliphatic heterocycles. The topological polar surface area (TPSA) is 67.6 Å². The van der Waals surface area contributed by atoms with E-state index in [9.17, 15) is 27.5 Å². The molecule has 0 spiro atoms. The van der Waals surface area contributed by atoms with Crippen LogP contribution in [0.15, 0.2) is 42.5 Å². The van der Waals surface area contributed by atoms with Crippen LogP contribution >= 0.6 is 0 Å². The fourth-order valence-electron chi connectivity index (χ4n) is 4.96. The first-order valence-electron chi connectivity index (χ1n) is 10.6. The summed E-state index contributed by atoms with van der Waals surface area (Å²) in [5, 5.41) is 19.2. The van der Waals surface area contributed by atoms with E-state index in [1.165, 1.54) is 24.3 Å². The van der Waals surface area contributed by atoms with Crippen molar-refractivity contribution in [3.05, 3.63) is 65.0 Å². The molecule has 2 aromatic rings. The lowest BCUT2D eigenvalue weighted by Gasteiger charge is -2.42. The molecule has 9 heteroatoms. The number of carbonyl (C=O) groups excluding carboxylic acids is 1. The highest BCUT2D eigenvalue weighted by Gasteiger charge is 2.50. The van der Waals surface area contributed by atoms with Crippen LogP contribution in [-0.2, 0) is 17.4 Å². The van der Waals surface area contributed by atoms with Gasteiger partial charge in [-0.25, -0.2) is 4.39 Å². The van der Waals surface area contributed by atoms with E-state index in [4.69, 9.17) is 5.26 Å². The minimum Gasteiger partial charge on any atom is -0.396 e. The molecule has 0 saturated carbocycles. The normalized spacial score (nSPS) is 22.7. The maximum atomic E-state index is 13.4. The second-order valence-corrected chi connectivity index (χ2v) is 8.83. The van der Waals surface area contributed by atoms with E-state index in [0.29, 0.717) is 43.9 Å². The summed E-state index contributed by atoms with van der Waals surface area (Å²) < 4.78 is 53.7. The van der Waals surface area contributed by atoms with Gasteiger partial charge in [0.15, 0.2) is 0 Å². The summed E-state index contributed by atoms with van der Waals surface area (Å²) in [7, 11) is 0. The zero-order chi connectivity index (χ0) is 23.8. The number of piperidine rings is 1. The number of likely N-dealkylation sites (tertiary alicyclic amines) is 1. The molecular formula is C24H23F4N3O2. The molecule has 5 nitrogen and oxygen atoms in total. The van der Waals surface area contributed by atoms with Crippen LogP contribution in [0.5, 0.6) is 0 Å². The Kier molecular flexibility index (Phi) is 6.06. The Morgan fingerprint density at radius 2 is 2.00 bits per heavy atom. The maximum absolute atomic E-state index is 13.4. The molecule has 174 valence electrons. The fraction of sp³-hybridized carbons (Fsp3) is 0.417. The monoisotopic (exact) mass is 461 g/mol. The SMILES string of the molecule is N#Cc1ccc(N2C[C@H]3CN(C(=O)Cc4cccc(F)c4)CC[C@@]3(CO)C2)cc1C(F)(F)F. The molecule has 33 heavy (non-hydrogen) atoms. The molecule has 2 aliphatic rings. The molecule has 0 aromatic heterocycles. The Hall–Kier alpha value is -3.12. The van der Waals surface area contributed by atoms with Gasteiger partial charge in [0.05, 0.1) is 30.2 Å². The van der Waals surface area contributed by atoms with Gasteiger partial charge in [-0.3, -0.25) is 4.79 Å². The maximum Gasteiger partial charge on any atom is 0.417 e. The van der Waals surface area contributed by atoms with E-state index in [1.807, 2.05) is 0 Å². The summed E-state index contributed by atoms with van der Waals surface area (Å²) in [5.41, 5.74) is -1.04. The molecule has 4 rings (SSSR count). The summed E-state index contributed by atoms with van der Waals surface area (Å²) >= 11 is 0. The van der Waals surface area contributed by atoms with Gasteiger partial charge in [0, 0.05) is 43.2 Å². The zero-order valence-corrected chi connectivity index (χ0v) is 17.8. The van der Waals surface area contributed by atoms with Gasteiger partial charge in [0.25, 0.3) is 0 Å². The highest BCUT2D eigenvalue weighted by molar-refractivity contribution is 5.79. The van der Waals surface area contributed by atoms with Crippen molar-refractivity contribution in [2.24, 2.45) is 11.3 Å². The van der Waals surface area contributed by atoms with E-state index in [0.717, 1.165) is 6.07 Å². The summed E-state index contributed by atoms with van der Waals surface area (Å²) in [6, 6.07) is 11.1. The number of anilines is 1. The number of nitriles is 1. The van der Waals surface area contributed by atoms with Crippen molar-refractivity contribution in [1.29, 1.82) is 5.26 Å². The first-order chi connectivity index (χ1) is 15.6. The van der Waals surface area contributed by atoms with Crippen LogP contribution in [0.1, 0.15) is 23.1 Å². The Labute approximate surface area is 188 Å². The number of fused-ring (bicyclic) bond motifs is 1. The van der Waals surface area contributed by atoms with Crippen molar-refractivity contribution in [3.63, 3.8) is 0 Å². The van der Waals surface area contributed by atoms with Crippen LogP contribution in [0.2, 0.25) is 0 Å². The third kappa shape index (κ3) is 4.53. The van der Waals surface area contributed by atoms with E-state index in [2.05, 4.69) is 0 Å². The van der Waals surface area contributed by atoms with Crippen LogP contribution in [0.4, 0.5) is 23.2 Å². The number of aliphatic hydroxyl groups excluding tert-OH is 1. The molecule has 0 radical (unpaired) electrons. The Balaban J connectivity index is 1.52. The number of alkyl halides is 3. The largest absolute Gasteiger partial charge is 0.417 e. The highest BCUT2D eigenvalue weighted by atomic mass is 19.4. The van der Waals surface area contributed by atoms with Gasteiger partial charge in [0.1, 0.15) is 5.82 Å². The molecule has 2 atom stereocenters. The van der Waals surface area contributed by atoms with Gasteiger partial charge in [-0.05, 0) is 42.3 Å². The lowest BCUT2D eigenvalue weighted by molar-refractivity contribution is -0.137. The highest BCUT2D eigenvalue weighted by Crippen LogP contribution is 2.45. The van der Waals surface area contributed by atoms with Crippen molar-refractivity contribution in [3.8, 4) is 6.07 Å². The number of carbonyl (C=O) groups is 1. The second-order valence-electron chi connectivity index (χ2n) is 8.83. The molecular weight excluding hydrogens is 438 g/mol. The van der Waals surface area contributed by atoms with E-state index < -0.39 is 28.5 Å². The van der Waals surface area contributed by atoms with Gasteiger partial charge < -0.3 is 14.9 Å². The predicted molar refractivity (Wildman–Crippen MR) is 113 cm³/mol. The third-order valence-corrected chi connectivity index (χ3v) is 6.84. The number of nitrogens with zero attached hydrogens (tertiary/aromatic N) is 3. The van der Waals surface area contributed by atoms with Gasteiger partial charge in [-0.2, -0.15) is 18.4 Å². The first-order valence-corrected chi connectivity index (χ1v) is 10.6. The van der Waals surface area contributed by atoms with Gasteiger partial charge in [0.2, 0.25) is 5.91 Å². The number of amides is 1. The molecule has 1 amide bonds. The minimum absolute atomic E-state index is 0.0604. The van der Waals surface area contributed by atoms with E-state index in [-0.39, 0.29) is 24.9 Å². The first kappa shape index (κ1) is 23.1. The number of hydrogen-bond donors (Lipinski definition) is 1. The van der Waals surface area contributed by atoms with Crippen molar-refractivity contribution in [2.75, 3.05) is 37.7 Å². The summed E-state index contributed by atoms with van der Waals surface area (Å²) in [6.45, 7) is 1.40. The molecule has 2 saturated heterocycles. The zero-order valence-electron chi connectivity index (χ0n) is 17.8. The van der Waals surface area contributed by atoms with Crippen molar-refractivity contribution in [1.82, 2.24) is 4.90 Å². The smallest absolute Gasteiger partial charge is 0.396 e. The third-order valence-electron chi connectivity index (χ3n) is 6.84. The molecule has 0 unspecified atom stereocenters. The number of halogens is 4. The van der Waals surface area contributed by atoms with Crippen molar-refractivity contribution < 1.29 is 27.5 Å². The van der Waals surface area contributed by atoms with Crippen molar-refractivity contribution >= 4 is 11.6 Å². The average Bonchev–Trinajstić information content (AvgIpc) is 3.17. The molecule has 0 bridgehead atoms. The summed E-state index contributed by atoms with van der Waals surface area (Å²) in [4.78, 5) is 16.3. The molecule has 2 fully saturated rings. The minimum atomic E-state index is -4.65. The second kappa shape index (κ2) is 8.67. The summed E-state index contributed by atoms with van der Waals surface area (Å²) in [6.07, 6.45) is -4.07. The van der Waals surface area contributed by atoms with Crippen molar-refractivity contribution in [2.45, 2.75) is 19.0 Å². The molecule has 1 N–H and O–H groups in total. The van der Waals surface area contributed by atoms with Gasteiger partial charge in [-0.1, -0.05) is 12.1 Å². The van der Waals surface area contributed by atoms with E-state index in [1.54, 1.807) is 28.0 Å². The predicted octanol–water partition coefficient (Wildman–Crippen LogP) is 3.61. The number of hydrogen-bond acceptors (Lipinski definition) is 4. The van der Waals surface area contributed by atoms with Gasteiger partial charge >= 0.3 is 6.18 Å². The average molecular weight is 461 g/mol. The lowest BCUT2D eigenvalue weighted by Crippen LogP contribution is -2.51. The Bertz CT molecular complexity index is 1100. The van der Waals surface area contributed by atoms with Crippen LogP contribution in [0, 0.1) is 28.5 Å². The number of benzene rings is 2. The standard InChI is InChI=1S/C24H23F4N3O2/c25-19-3-1-2-16(8-19)9-22(33)30-7-6-23(15-32)14-31(13-18(23)12-30)20-5-4-17(11-29)21(10-20)24(26,27)28/h1-5,8,10,18,32H,6-7,9,12-15H2/t18-,23+/m1/s1. The Morgan fingerprint density at radius 3 is 2.67 bits per heavy atom. The lowest BCUT2D eigenvalue weighted by atomic mass is 9.73. The molecule has 2 aromatic carbocycles. The van der Waals surface area contributed by atoms with Crippen LogP contribution in [0.25, 0.3) is 0 Å². The Morgan fingerprint density at radius 1 is 1.21 bits per heavy atom. The van der Waals surface area contributed by atoms with Crippen LogP contribution in [0.3, 0.4) is 0 Å². The van der Waals surface area contributed by atoms with Crippen LogP contribution in [-0.4, -0.2) is 48.7 Å². The molecule has 2 heterocycles. The van der Waals surface area contributed by atoms with E-state index >= 15 is 0 Å². The number of aliphatic hydroxyl groups is 1. The van der Waals surface area contributed by atoms with Crippen LogP contribution < -0.4 is 4.90 Å². The fourth-order valence-corrected chi connectivity index (χ4v) is 4.96. The molecule has 0 aliphatic carbocycles. The van der Waals surface area contributed by atoms with Gasteiger partial charge in [-0.15, -0.1) is 0 Å². The number of rotatable bonds is 4. The quantitative estimate of drug-likeness (QED) is 0.707.